The molecule has 45 heavy (non-hydrogen) atoms. The van der Waals surface area contributed by atoms with Crippen molar-refractivity contribution >= 4 is 17.7 Å². The number of carbonyl (C=O) groups is 3. The van der Waals surface area contributed by atoms with Crippen LogP contribution in [0.15, 0.2) is 48.7 Å². The van der Waals surface area contributed by atoms with E-state index in [4.69, 9.17) is 0 Å². The van der Waals surface area contributed by atoms with Gasteiger partial charge in [0, 0.05) is 30.5 Å². The number of carbonyl (C=O) groups excluding carboxylic acids is 3. The molecule has 1 aromatic heterocycles. The van der Waals surface area contributed by atoms with E-state index < -0.39 is 18.2 Å². The first-order valence-electron chi connectivity index (χ1n) is 16.6. The number of aliphatic hydroxyl groups excluding tert-OH is 1. The molecule has 2 fully saturated rings. The summed E-state index contributed by atoms with van der Waals surface area (Å²) in [4.78, 5) is 46.8. The van der Waals surface area contributed by atoms with Gasteiger partial charge in [0.1, 0.15) is 6.04 Å². The van der Waals surface area contributed by atoms with Crippen LogP contribution in [0.2, 0.25) is 0 Å². The van der Waals surface area contributed by atoms with Crippen molar-refractivity contribution in [1.82, 2.24) is 25.8 Å². The number of nitrogens with zero attached hydrogens (tertiary/aromatic N) is 2. The summed E-state index contributed by atoms with van der Waals surface area (Å²) in [7, 11) is 0. The van der Waals surface area contributed by atoms with Crippen molar-refractivity contribution < 1.29 is 19.5 Å². The highest BCUT2D eigenvalue weighted by molar-refractivity contribution is 5.97. The summed E-state index contributed by atoms with van der Waals surface area (Å²) in [5.74, 6) is 0.0876. The number of nitrogens with one attached hydrogen (secondary N) is 3. The number of amides is 3. The lowest BCUT2D eigenvalue weighted by atomic mass is 9.72. The molecule has 1 saturated heterocycles. The Morgan fingerprint density at radius 3 is 2.31 bits per heavy atom. The van der Waals surface area contributed by atoms with Gasteiger partial charge in [-0.1, -0.05) is 63.4 Å². The first-order chi connectivity index (χ1) is 21.3. The molecule has 1 aliphatic heterocycles. The van der Waals surface area contributed by atoms with Crippen molar-refractivity contribution in [3.8, 4) is 0 Å². The van der Waals surface area contributed by atoms with Crippen molar-refractivity contribution in [2.24, 2.45) is 17.8 Å². The second kappa shape index (κ2) is 15.3. The highest BCUT2D eigenvalue weighted by Crippen LogP contribution is 2.39. The fourth-order valence-electron chi connectivity index (χ4n) is 6.78. The molecule has 0 bridgehead atoms. The number of pyridine rings is 1. The maximum Gasteiger partial charge on any atom is 0.253 e. The molecule has 6 atom stereocenters. The van der Waals surface area contributed by atoms with Gasteiger partial charge in [-0.15, -0.1) is 0 Å². The minimum atomic E-state index is -0.941. The van der Waals surface area contributed by atoms with Crippen molar-refractivity contribution in [2.75, 3.05) is 13.1 Å². The monoisotopic (exact) mass is 619 g/mol. The van der Waals surface area contributed by atoms with Gasteiger partial charge in [0.25, 0.3) is 5.91 Å². The van der Waals surface area contributed by atoms with Crippen LogP contribution in [0.1, 0.15) is 88.3 Å². The van der Waals surface area contributed by atoms with Crippen LogP contribution in [0.5, 0.6) is 0 Å². The van der Waals surface area contributed by atoms with Gasteiger partial charge in [-0.2, -0.15) is 0 Å². The maximum absolute atomic E-state index is 13.8. The van der Waals surface area contributed by atoms with E-state index in [2.05, 4.69) is 25.8 Å². The van der Waals surface area contributed by atoms with Gasteiger partial charge in [-0.3, -0.25) is 24.3 Å². The van der Waals surface area contributed by atoms with Crippen molar-refractivity contribution in [2.45, 2.75) is 110 Å². The van der Waals surface area contributed by atoms with Crippen LogP contribution in [-0.4, -0.2) is 75.6 Å². The van der Waals surface area contributed by atoms with Crippen LogP contribution in [0.3, 0.4) is 0 Å². The molecule has 2 unspecified atom stereocenters. The Bertz CT molecular complexity index is 1280. The van der Waals surface area contributed by atoms with Crippen molar-refractivity contribution in [1.29, 1.82) is 0 Å². The lowest BCUT2D eigenvalue weighted by molar-refractivity contribution is -0.133. The Labute approximate surface area is 269 Å². The molecular weight excluding hydrogens is 566 g/mol. The predicted molar refractivity (Wildman–Crippen MR) is 176 cm³/mol. The van der Waals surface area contributed by atoms with Crippen LogP contribution in [0.4, 0.5) is 0 Å². The Hall–Kier alpha value is -3.30. The molecule has 9 nitrogen and oxygen atoms in total. The number of benzene rings is 1. The molecule has 1 aromatic carbocycles. The number of likely N-dealkylation sites (tertiary alicyclic amines) is 1. The summed E-state index contributed by atoms with van der Waals surface area (Å²) in [5.41, 5.74) is 1.80. The Kier molecular flexibility index (Phi) is 11.8. The molecule has 2 heterocycles. The molecule has 1 aliphatic carbocycles. The van der Waals surface area contributed by atoms with E-state index in [1.54, 1.807) is 12.1 Å². The summed E-state index contributed by atoms with van der Waals surface area (Å²) in [6.45, 7) is 12.6. The highest BCUT2D eigenvalue weighted by atomic mass is 16.3. The Morgan fingerprint density at radius 2 is 1.69 bits per heavy atom. The predicted octanol–water partition coefficient (Wildman–Crippen LogP) is 4.03. The zero-order chi connectivity index (χ0) is 32.7. The smallest absolute Gasteiger partial charge is 0.253 e. The molecular formula is C36H53N5O4. The fraction of sp³-hybridized carbons (Fsp3) is 0.611. The number of fused-ring (bicyclic) bond motifs is 1. The Balaban J connectivity index is 1.53. The van der Waals surface area contributed by atoms with Gasteiger partial charge in [-0.25, -0.2) is 0 Å². The number of piperidine rings is 1. The normalized spacial score (nSPS) is 22.5. The maximum atomic E-state index is 13.8. The van der Waals surface area contributed by atoms with Crippen LogP contribution in [0.25, 0.3) is 0 Å². The first-order valence-corrected chi connectivity index (χ1v) is 16.6. The van der Waals surface area contributed by atoms with E-state index in [9.17, 15) is 19.5 Å². The van der Waals surface area contributed by atoms with Gasteiger partial charge >= 0.3 is 0 Å². The van der Waals surface area contributed by atoms with E-state index in [1.807, 2.05) is 71.9 Å². The van der Waals surface area contributed by atoms with Crippen LogP contribution in [0, 0.1) is 24.7 Å². The van der Waals surface area contributed by atoms with Gasteiger partial charge in [0.05, 0.1) is 23.8 Å². The minimum absolute atomic E-state index is 0.00412. The van der Waals surface area contributed by atoms with E-state index in [0.717, 1.165) is 37.1 Å². The molecule has 0 spiro atoms. The van der Waals surface area contributed by atoms with Crippen LogP contribution < -0.4 is 16.0 Å². The second-order valence-corrected chi connectivity index (χ2v) is 14.5. The number of hydrogen-bond acceptors (Lipinski definition) is 6. The summed E-state index contributed by atoms with van der Waals surface area (Å²) < 4.78 is 0. The zero-order valence-electron chi connectivity index (χ0n) is 27.9. The van der Waals surface area contributed by atoms with E-state index in [1.165, 1.54) is 19.0 Å². The fourth-order valence-corrected chi connectivity index (χ4v) is 6.78. The van der Waals surface area contributed by atoms with Gasteiger partial charge in [0.2, 0.25) is 11.8 Å². The molecule has 0 radical (unpaired) electrons. The summed E-state index contributed by atoms with van der Waals surface area (Å²) in [6, 6.07) is 11.4. The summed E-state index contributed by atoms with van der Waals surface area (Å²) in [6.07, 6.45) is 6.45. The third kappa shape index (κ3) is 9.84. The number of aryl methyl sites for hydroxylation is 1. The lowest BCUT2D eigenvalue weighted by Crippen LogP contribution is -2.61. The number of hydrogen-bond donors (Lipinski definition) is 4. The standard InChI is InChI=1S/C36H53N5O4/c1-23(2)32(39-33(43)27-17-16-24(3)37-20-27)35(45)38-29(18-25-12-8-7-9-13-25)31(42)22-41-21-28-15-11-10-14-26(28)19-30(41)34(44)40-36(4,5)6/h7-9,12-13,16-17,20,23,26,28-32,42H,10-11,14-15,18-19,21-22H2,1-6H3,(H,38,45)(H,39,43)(H,40,44)/t26-,28?,29?,30-,31+,32-/m0/s1. The molecule has 4 N–H and O–H groups in total. The van der Waals surface area contributed by atoms with Crippen LogP contribution in [-0.2, 0) is 16.0 Å². The lowest BCUT2D eigenvalue weighted by Gasteiger charge is -2.47. The molecule has 3 amide bonds. The number of aromatic nitrogens is 1. The van der Waals surface area contributed by atoms with Crippen LogP contribution >= 0.6 is 0 Å². The van der Waals surface area contributed by atoms with Crippen molar-refractivity contribution in [3.63, 3.8) is 0 Å². The van der Waals surface area contributed by atoms with E-state index >= 15 is 0 Å². The molecule has 246 valence electrons. The number of rotatable bonds is 11. The molecule has 9 heteroatoms. The third-order valence-electron chi connectivity index (χ3n) is 9.22. The quantitative estimate of drug-likeness (QED) is 0.301. The highest BCUT2D eigenvalue weighted by Gasteiger charge is 2.42. The minimum Gasteiger partial charge on any atom is -0.390 e. The molecule has 2 aromatic rings. The van der Waals surface area contributed by atoms with Gasteiger partial charge < -0.3 is 21.1 Å². The average Bonchev–Trinajstić information content (AvgIpc) is 2.98. The molecule has 2 aliphatic rings. The number of aliphatic hydroxyl groups is 1. The van der Waals surface area contributed by atoms with Gasteiger partial charge in [0.15, 0.2) is 0 Å². The summed E-state index contributed by atoms with van der Waals surface area (Å²) >= 11 is 0. The number of β-amino-alcohol motifs (C(OH)–C–C–N with tert-alkyl or cyclic N) is 1. The summed E-state index contributed by atoms with van der Waals surface area (Å²) in [5, 5.41) is 21.0. The SMILES string of the molecule is Cc1ccc(C(=O)N[C@H](C(=O)NC(Cc2ccccc2)[C@H](O)CN2CC3CCCC[C@H]3C[C@H]2C(=O)NC(C)(C)C)C(C)C)cn1. The second-order valence-electron chi connectivity index (χ2n) is 14.5. The largest absolute Gasteiger partial charge is 0.390 e. The van der Waals surface area contributed by atoms with E-state index in [-0.39, 0.29) is 41.8 Å². The topological polar surface area (TPSA) is 124 Å². The molecule has 1 saturated carbocycles. The average molecular weight is 620 g/mol. The van der Waals surface area contributed by atoms with E-state index in [0.29, 0.717) is 23.8 Å². The Morgan fingerprint density at radius 1 is 1.00 bits per heavy atom. The third-order valence-corrected chi connectivity index (χ3v) is 9.22. The van der Waals surface area contributed by atoms with Crippen molar-refractivity contribution in [3.05, 3.63) is 65.5 Å². The molecule has 4 rings (SSSR count). The first kappa shape index (κ1) is 34.6. The van der Waals surface area contributed by atoms with Gasteiger partial charge in [-0.05, 0) is 82.4 Å². The zero-order valence-corrected chi connectivity index (χ0v) is 27.9.